The Morgan fingerprint density at radius 1 is 1.05 bits per heavy atom. The van der Waals surface area contributed by atoms with Crippen LogP contribution in [0.25, 0.3) is 0 Å². The van der Waals surface area contributed by atoms with Gasteiger partial charge in [-0.1, -0.05) is 20.8 Å². The van der Waals surface area contributed by atoms with Gasteiger partial charge in [0.15, 0.2) is 0 Å². The molecule has 1 aromatic rings. The van der Waals surface area contributed by atoms with E-state index in [4.69, 9.17) is 9.84 Å². The fourth-order valence-corrected chi connectivity index (χ4v) is 7.28. The quantitative estimate of drug-likeness (QED) is 0.314. The van der Waals surface area contributed by atoms with Crippen molar-refractivity contribution in [2.24, 2.45) is 29.1 Å². The highest BCUT2D eigenvalue weighted by Crippen LogP contribution is 2.61. The second kappa shape index (κ2) is 10.1. The maximum absolute atomic E-state index is 13.3. The third kappa shape index (κ3) is 4.85. The van der Waals surface area contributed by atoms with Crippen molar-refractivity contribution in [3.05, 3.63) is 28.8 Å². The molecule has 3 aliphatic rings. The van der Waals surface area contributed by atoms with Crippen molar-refractivity contribution < 1.29 is 44.3 Å². The Balaban J connectivity index is 1.73. The zero-order valence-electron chi connectivity index (χ0n) is 21.5. The van der Waals surface area contributed by atoms with Crippen molar-refractivity contribution in [1.29, 1.82) is 0 Å². The summed E-state index contributed by atoms with van der Waals surface area (Å²) in [5.74, 6) is -7.77. The van der Waals surface area contributed by atoms with Crippen molar-refractivity contribution in [3.8, 4) is 5.75 Å². The summed E-state index contributed by atoms with van der Waals surface area (Å²) in [6.45, 7) is 4.82. The standard InChI is InChI=1S/C28H36O9/c1-13(25(32)33)10-22(31)37-27(36)23(14(2)26(34)35)19-12-16(29)11-15-4-5-17-18(24(15)19)8-9-28(3)20(17)6-7-21(28)30/h11-14,17-18,20-21,23,29-30H,4-10H2,1-3H3,(H,32,33)(H,34,35)/t13?,14?,17-,18+,20+,21+,23?,28+/m1/s1. The Morgan fingerprint density at radius 2 is 1.76 bits per heavy atom. The van der Waals surface area contributed by atoms with Gasteiger partial charge < -0.3 is 25.2 Å². The number of esters is 2. The van der Waals surface area contributed by atoms with Crippen LogP contribution < -0.4 is 0 Å². The Kier molecular flexibility index (Phi) is 7.38. The summed E-state index contributed by atoms with van der Waals surface area (Å²) in [4.78, 5) is 48.8. The van der Waals surface area contributed by atoms with Crippen molar-refractivity contribution in [1.82, 2.24) is 0 Å². The first kappa shape index (κ1) is 27.1. The minimum atomic E-state index is -1.36. The van der Waals surface area contributed by atoms with E-state index in [0.717, 1.165) is 43.2 Å². The average Bonchev–Trinajstić information content (AvgIpc) is 3.12. The van der Waals surface area contributed by atoms with Crippen molar-refractivity contribution in [3.63, 3.8) is 0 Å². The van der Waals surface area contributed by atoms with Gasteiger partial charge in [-0.2, -0.15) is 0 Å². The number of aliphatic carboxylic acids is 2. The Morgan fingerprint density at radius 3 is 2.41 bits per heavy atom. The lowest BCUT2D eigenvalue weighted by Gasteiger charge is -2.50. The minimum Gasteiger partial charge on any atom is -0.508 e. The normalized spacial score (nSPS) is 30.7. The summed E-state index contributed by atoms with van der Waals surface area (Å²) in [6.07, 6.45) is 3.87. The molecule has 0 aromatic heterocycles. The molecular weight excluding hydrogens is 480 g/mol. The number of carboxylic acid groups (broad SMARTS) is 2. The number of carboxylic acids is 2. The Hall–Kier alpha value is -2.94. The first-order valence-corrected chi connectivity index (χ1v) is 13.1. The molecule has 1 aromatic carbocycles. The molecule has 37 heavy (non-hydrogen) atoms. The van der Waals surface area contributed by atoms with Gasteiger partial charge in [-0.25, -0.2) is 0 Å². The fourth-order valence-electron chi connectivity index (χ4n) is 7.28. The number of benzene rings is 1. The molecule has 4 rings (SSSR count). The van der Waals surface area contributed by atoms with E-state index in [1.54, 1.807) is 6.07 Å². The molecule has 9 heteroatoms. The number of ether oxygens (including phenoxy) is 1. The van der Waals surface area contributed by atoms with E-state index >= 15 is 0 Å². The molecule has 0 spiro atoms. The molecule has 0 bridgehead atoms. The molecule has 3 aliphatic carbocycles. The van der Waals surface area contributed by atoms with Crippen molar-refractivity contribution in [2.75, 3.05) is 0 Å². The second-order valence-electron chi connectivity index (χ2n) is 11.5. The van der Waals surface area contributed by atoms with Gasteiger partial charge in [-0.3, -0.25) is 19.2 Å². The number of carbonyl (C=O) groups excluding carboxylic acids is 2. The van der Waals surface area contributed by atoms with E-state index in [1.165, 1.54) is 19.9 Å². The third-order valence-electron chi connectivity index (χ3n) is 9.37. The van der Waals surface area contributed by atoms with Gasteiger partial charge in [0.05, 0.1) is 30.3 Å². The van der Waals surface area contributed by atoms with Crippen LogP contribution in [0.1, 0.15) is 87.8 Å². The summed E-state index contributed by atoms with van der Waals surface area (Å²) < 4.78 is 5.01. The number of aryl methyl sites for hydroxylation is 1. The summed E-state index contributed by atoms with van der Waals surface area (Å²) in [5.41, 5.74) is 1.89. The lowest BCUT2D eigenvalue weighted by molar-refractivity contribution is -0.165. The Labute approximate surface area is 215 Å². The Bertz CT molecular complexity index is 1110. The monoisotopic (exact) mass is 516 g/mol. The highest BCUT2D eigenvalue weighted by molar-refractivity contribution is 5.93. The lowest BCUT2D eigenvalue weighted by Crippen LogP contribution is -2.44. The van der Waals surface area contributed by atoms with Crippen LogP contribution in [0, 0.1) is 29.1 Å². The van der Waals surface area contributed by atoms with Crippen LogP contribution in [-0.2, 0) is 30.3 Å². The first-order chi connectivity index (χ1) is 17.3. The molecule has 2 fully saturated rings. The topological polar surface area (TPSA) is 158 Å². The maximum atomic E-state index is 13.3. The zero-order valence-corrected chi connectivity index (χ0v) is 21.5. The largest absolute Gasteiger partial charge is 0.508 e. The van der Waals surface area contributed by atoms with Gasteiger partial charge in [0.25, 0.3) is 0 Å². The molecule has 0 heterocycles. The lowest BCUT2D eigenvalue weighted by atomic mass is 9.54. The average molecular weight is 517 g/mol. The first-order valence-electron chi connectivity index (χ1n) is 13.1. The summed E-state index contributed by atoms with van der Waals surface area (Å²) in [6, 6.07) is 3.08. The van der Waals surface area contributed by atoms with Crippen molar-refractivity contribution in [2.45, 2.75) is 83.7 Å². The number of rotatable bonds is 7. The van der Waals surface area contributed by atoms with Gasteiger partial charge in [0, 0.05) is 0 Å². The van der Waals surface area contributed by atoms with E-state index in [-0.39, 0.29) is 29.1 Å². The summed E-state index contributed by atoms with van der Waals surface area (Å²) in [5, 5.41) is 40.2. The number of phenols is 1. The maximum Gasteiger partial charge on any atom is 0.321 e. The molecule has 0 amide bonds. The van der Waals surface area contributed by atoms with Gasteiger partial charge in [-0.15, -0.1) is 0 Å². The zero-order chi connectivity index (χ0) is 27.2. The highest BCUT2D eigenvalue weighted by Gasteiger charge is 2.55. The molecule has 2 saturated carbocycles. The third-order valence-corrected chi connectivity index (χ3v) is 9.37. The number of hydrogen-bond acceptors (Lipinski definition) is 7. The SMILES string of the molecule is CC(CC(=O)OC(=O)C(c1cc(O)cc2c1[C@H]1CC[C@]3(C)[C@@H](O)CC[C@H]3[C@@H]1CC2)C(C)C(=O)O)C(=O)O. The van der Waals surface area contributed by atoms with Crippen LogP contribution in [-0.4, -0.2) is 50.4 Å². The summed E-state index contributed by atoms with van der Waals surface area (Å²) >= 11 is 0. The van der Waals surface area contributed by atoms with E-state index < -0.39 is 48.1 Å². The molecule has 0 radical (unpaired) electrons. The predicted molar refractivity (Wildman–Crippen MR) is 131 cm³/mol. The van der Waals surface area contributed by atoms with Crippen LogP contribution in [0.3, 0.4) is 0 Å². The van der Waals surface area contributed by atoms with Gasteiger partial charge in [-0.05, 0) is 90.5 Å². The number of fused-ring (bicyclic) bond motifs is 5. The van der Waals surface area contributed by atoms with E-state index in [0.29, 0.717) is 17.9 Å². The molecule has 8 atom stereocenters. The number of hydrogen-bond donors (Lipinski definition) is 4. The van der Waals surface area contributed by atoms with Gasteiger partial charge >= 0.3 is 23.9 Å². The molecule has 4 N–H and O–H groups in total. The number of aliphatic hydroxyl groups is 1. The molecular formula is C28H36O9. The smallest absolute Gasteiger partial charge is 0.321 e. The van der Waals surface area contributed by atoms with E-state index in [1.807, 2.05) is 0 Å². The van der Waals surface area contributed by atoms with Gasteiger partial charge in [0.2, 0.25) is 0 Å². The van der Waals surface area contributed by atoms with Crippen LogP contribution >= 0.6 is 0 Å². The molecule has 0 aliphatic heterocycles. The van der Waals surface area contributed by atoms with Crippen LogP contribution in [0.2, 0.25) is 0 Å². The number of aliphatic hydroxyl groups excluding tert-OH is 1. The van der Waals surface area contributed by atoms with E-state index in [2.05, 4.69) is 6.92 Å². The second-order valence-corrected chi connectivity index (χ2v) is 11.5. The molecule has 9 nitrogen and oxygen atoms in total. The highest BCUT2D eigenvalue weighted by atomic mass is 16.6. The van der Waals surface area contributed by atoms with Crippen molar-refractivity contribution >= 4 is 23.9 Å². The predicted octanol–water partition coefficient (Wildman–Crippen LogP) is 3.59. The van der Waals surface area contributed by atoms with Crippen LogP contribution in [0.4, 0.5) is 0 Å². The number of aromatic hydroxyl groups is 1. The van der Waals surface area contributed by atoms with Crippen LogP contribution in [0.15, 0.2) is 12.1 Å². The summed E-state index contributed by atoms with van der Waals surface area (Å²) in [7, 11) is 0. The minimum absolute atomic E-state index is 0.0294. The van der Waals surface area contributed by atoms with Crippen LogP contribution in [0.5, 0.6) is 5.75 Å². The fraction of sp³-hybridized carbons (Fsp3) is 0.643. The molecule has 0 saturated heterocycles. The number of phenolic OH excluding ortho intramolecular Hbond substituents is 1. The number of carbonyl (C=O) groups is 4. The van der Waals surface area contributed by atoms with Gasteiger partial charge in [0.1, 0.15) is 5.75 Å². The van der Waals surface area contributed by atoms with E-state index in [9.17, 15) is 34.5 Å². The molecule has 202 valence electrons. The molecule has 3 unspecified atom stereocenters.